The van der Waals surface area contributed by atoms with E-state index in [1.165, 1.54) is 6.42 Å². The first-order valence-electron chi connectivity index (χ1n) is 5.68. The van der Waals surface area contributed by atoms with Gasteiger partial charge in [0.15, 0.2) is 0 Å². The SMILES string of the molecule is CC1(NCc2ccc(Br)cc2[N+](=O)[O-])CCC1. The van der Waals surface area contributed by atoms with E-state index < -0.39 is 0 Å². The fraction of sp³-hybridized carbons (Fsp3) is 0.500. The summed E-state index contributed by atoms with van der Waals surface area (Å²) < 4.78 is 0.739. The lowest BCUT2D eigenvalue weighted by molar-refractivity contribution is -0.385. The highest BCUT2D eigenvalue weighted by molar-refractivity contribution is 9.10. The number of nitrogens with one attached hydrogen (secondary N) is 1. The Morgan fingerprint density at radius 3 is 2.76 bits per heavy atom. The van der Waals surface area contributed by atoms with Crippen LogP contribution in [0, 0.1) is 10.1 Å². The molecule has 0 radical (unpaired) electrons. The molecule has 0 spiro atoms. The summed E-state index contributed by atoms with van der Waals surface area (Å²) in [6.45, 7) is 2.72. The zero-order valence-electron chi connectivity index (χ0n) is 9.70. The summed E-state index contributed by atoms with van der Waals surface area (Å²) in [7, 11) is 0. The summed E-state index contributed by atoms with van der Waals surface area (Å²) in [5.41, 5.74) is 1.09. The Morgan fingerprint density at radius 2 is 2.24 bits per heavy atom. The van der Waals surface area contributed by atoms with Gasteiger partial charge in [0.1, 0.15) is 0 Å². The van der Waals surface area contributed by atoms with Gasteiger partial charge in [0.25, 0.3) is 5.69 Å². The second-order valence-corrected chi connectivity index (χ2v) is 5.71. The molecule has 17 heavy (non-hydrogen) atoms. The lowest BCUT2D eigenvalue weighted by Gasteiger charge is -2.39. The highest BCUT2D eigenvalue weighted by atomic mass is 79.9. The van der Waals surface area contributed by atoms with Crippen molar-refractivity contribution in [2.75, 3.05) is 0 Å². The van der Waals surface area contributed by atoms with Crippen molar-refractivity contribution in [1.29, 1.82) is 0 Å². The van der Waals surface area contributed by atoms with Crippen LogP contribution < -0.4 is 5.32 Å². The number of rotatable bonds is 4. The number of benzene rings is 1. The maximum Gasteiger partial charge on any atom is 0.275 e. The van der Waals surface area contributed by atoms with E-state index in [9.17, 15) is 10.1 Å². The first-order valence-corrected chi connectivity index (χ1v) is 6.47. The first-order chi connectivity index (χ1) is 8.00. The average molecular weight is 299 g/mol. The van der Waals surface area contributed by atoms with Gasteiger partial charge in [0.05, 0.1) is 4.92 Å². The van der Waals surface area contributed by atoms with E-state index in [0.717, 1.165) is 22.9 Å². The molecule has 0 aromatic heterocycles. The smallest absolute Gasteiger partial charge is 0.275 e. The van der Waals surface area contributed by atoms with Crippen molar-refractivity contribution in [3.63, 3.8) is 0 Å². The highest BCUT2D eigenvalue weighted by Gasteiger charge is 2.31. The van der Waals surface area contributed by atoms with Crippen LogP contribution in [0.25, 0.3) is 0 Å². The Morgan fingerprint density at radius 1 is 1.53 bits per heavy atom. The molecule has 0 bridgehead atoms. The number of nitro groups is 1. The molecule has 1 aromatic rings. The summed E-state index contributed by atoms with van der Waals surface area (Å²) in [6.07, 6.45) is 3.54. The third-order valence-electron chi connectivity index (χ3n) is 3.41. The molecule has 0 aliphatic heterocycles. The summed E-state index contributed by atoms with van der Waals surface area (Å²) in [6, 6.07) is 5.20. The molecule has 1 saturated carbocycles. The molecule has 1 fully saturated rings. The van der Waals surface area contributed by atoms with Crippen LogP contribution in [0.3, 0.4) is 0 Å². The number of halogens is 1. The van der Waals surface area contributed by atoms with E-state index in [4.69, 9.17) is 0 Å². The van der Waals surface area contributed by atoms with Crippen molar-refractivity contribution in [2.45, 2.75) is 38.3 Å². The maximum absolute atomic E-state index is 10.9. The predicted molar refractivity (Wildman–Crippen MR) is 69.9 cm³/mol. The second-order valence-electron chi connectivity index (χ2n) is 4.80. The number of hydrogen-bond acceptors (Lipinski definition) is 3. The molecular weight excluding hydrogens is 284 g/mol. The molecule has 0 amide bonds. The van der Waals surface area contributed by atoms with Gasteiger partial charge in [-0.2, -0.15) is 0 Å². The van der Waals surface area contributed by atoms with Crippen molar-refractivity contribution < 1.29 is 4.92 Å². The second kappa shape index (κ2) is 4.74. The van der Waals surface area contributed by atoms with Crippen molar-refractivity contribution in [2.24, 2.45) is 0 Å². The third-order valence-corrected chi connectivity index (χ3v) is 3.90. The van der Waals surface area contributed by atoms with Gasteiger partial charge in [0.2, 0.25) is 0 Å². The fourth-order valence-corrected chi connectivity index (χ4v) is 2.40. The van der Waals surface area contributed by atoms with Gasteiger partial charge in [-0.15, -0.1) is 0 Å². The Hall–Kier alpha value is -0.940. The van der Waals surface area contributed by atoms with E-state index in [2.05, 4.69) is 28.2 Å². The van der Waals surface area contributed by atoms with E-state index >= 15 is 0 Å². The molecule has 1 aliphatic carbocycles. The van der Waals surface area contributed by atoms with Crippen LogP contribution in [0.5, 0.6) is 0 Å². The molecular formula is C12H15BrN2O2. The molecule has 0 unspecified atom stereocenters. The van der Waals surface area contributed by atoms with Crippen molar-refractivity contribution in [3.8, 4) is 0 Å². The van der Waals surface area contributed by atoms with E-state index in [0.29, 0.717) is 6.54 Å². The van der Waals surface area contributed by atoms with Crippen molar-refractivity contribution in [1.82, 2.24) is 5.32 Å². The standard InChI is InChI=1S/C12H15BrN2O2/c1-12(5-2-6-12)14-8-9-3-4-10(13)7-11(9)15(16)17/h3-4,7,14H,2,5-6,8H2,1H3. The highest BCUT2D eigenvalue weighted by Crippen LogP contribution is 2.32. The Kier molecular flexibility index (Phi) is 3.49. The molecule has 0 atom stereocenters. The first kappa shape index (κ1) is 12.5. The van der Waals surface area contributed by atoms with Crippen molar-refractivity contribution >= 4 is 21.6 Å². The third kappa shape index (κ3) is 2.84. The minimum absolute atomic E-state index is 0.168. The molecule has 4 nitrogen and oxygen atoms in total. The maximum atomic E-state index is 10.9. The van der Waals surface area contributed by atoms with Crippen LogP contribution in [-0.2, 0) is 6.54 Å². The van der Waals surface area contributed by atoms with Gasteiger partial charge in [-0.25, -0.2) is 0 Å². The molecule has 92 valence electrons. The van der Waals surface area contributed by atoms with Gasteiger partial charge < -0.3 is 5.32 Å². The minimum Gasteiger partial charge on any atom is -0.307 e. The quantitative estimate of drug-likeness (QED) is 0.685. The van der Waals surface area contributed by atoms with E-state index in [-0.39, 0.29) is 16.1 Å². The van der Waals surface area contributed by atoms with E-state index in [1.807, 2.05) is 6.07 Å². The molecule has 1 aliphatic rings. The molecule has 2 rings (SSSR count). The topological polar surface area (TPSA) is 55.2 Å². The zero-order valence-corrected chi connectivity index (χ0v) is 11.3. The number of nitro benzene ring substituents is 1. The molecule has 5 heteroatoms. The van der Waals surface area contributed by atoms with Gasteiger partial charge in [-0.05, 0) is 38.3 Å². The largest absolute Gasteiger partial charge is 0.307 e. The monoisotopic (exact) mass is 298 g/mol. The molecule has 1 N–H and O–H groups in total. The minimum atomic E-state index is -0.328. The molecule has 0 heterocycles. The van der Waals surface area contributed by atoms with Gasteiger partial charge in [-0.3, -0.25) is 10.1 Å². The van der Waals surface area contributed by atoms with Crippen LogP contribution in [0.1, 0.15) is 31.7 Å². The average Bonchev–Trinajstić information content (AvgIpc) is 2.24. The summed E-state index contributed by atoms with van der Waals surface area (Å²) >= 11 is 3.26. The van der Waals surface area contributed by atoms with E-state index in [1.54, 1.807) is 12.1 Å². The van der Waals surface area contributed by atoms with Gasteiger partial charge in [0, 0.05) is 28.2 Å². The predicted octanol–water partition coefficient (Wildman–Crippen LogP) is 3.39. The zero-order chi connectivity index (χ0) is 12.5. The summed E-state index contributed by atoms with van der Waals surface area (Å²) in [4.78, 5) is 10.6. The van der Waals surface area contributed by atoms with Gasteiger partial charge in [-0.1, -0.05) is 15.9 Å². The molecule has 1 aromatic carbocycles. The Labute approximate surface area is 109 Å². The van der Waals surface area contributed by atoms with Crippen LogP contribution in [-0.4, -0.2) is 10.5 Å². The lowest BCUT2D eigenvalue weighted by Crippen LogP contribution is -2.47. The Balaban J connectivity index is 2.12. The lowest BCUT2D eigenvalue weighted by atomic mass is 9.78. The van der Waals surface area contributed by atoms with Crippen LogP contribution in [0.4, 0.5) is 5.69 Å². The summed E-state index contributed by atoms with van der Waals surface area (Å²) in [5.74, 6) is 0. The Bertz CT molecular complexity index is 444. The van der Waals surface area contributed by atoms with Crippen LogP contribution >= 0.6 is 15.9 Å². The number of hydrogen-bond donors (Lipinski definition) is 1. The normalized spacial score (nSPS) is 17.5. The van der Waals surface area contributed by atoms with Crippen molar-refractivity contribution in [3.05, 3.63) is 38.3 Å². The summed E-state index contributed by atoms with van der Waals surface area (Å²) in [5, 5.41) is 14.3. The fourth-order valence-electron chi connectivity index (χ4n) is 2.05. The van der Waals surface area contributed by atoms with Gasteiger partial charge >= 0.3 is 0 Å². The van der Waals surface area contributed by atoms with Crippen LogP contribution in [0.15, 0.2) is 22.7 Å². The molecule has 0 saturated heterocycles. The number of nitrogens with zero attached hydrogens (tertiary/aromatic N) is 1. The van der Waals surface area contributed by atoms with Crippen LogP contribution in [0.2, 0.25) is 0 Å².